The number of halogens is 1. The van der Waals surface area contributed by atoms with Crippen LogP contribution in [0.5, 0.6) is 11.5 Å². The summed E-state index contributed by atoms with van der Waals surface area (Å²) in [4.78, 5) is 20.3. The second kappa shape index (κ2) is 10.7. The molecule has 166 valence electrons. The number of hydrogen-bond acceptors (Lipinski definition) is 4. The Morgan fingerprint density at radius 2 is 1.94 bits per heavy atom. The number of rotatable bonds is 6. The number of benzene rings is 2. The van der Waals surface area contributed by atoms with Gasteiger partial charge in [0.1, 0.15) is 0 Å². The van der Waals surface area contributed by atoms with Crippen molar-refractivity contribution in [2.45, 2.75) is 32.5 Å². The molecule has 1 N–H and O–H groups in total. The number of carbonyl (C=O) groups is 1. The first kappa shape index (κ1) is 23.2. The number of ether oxygens (including phenoxy) is 2. The highest BCUT2D eigenvalue weighted by Gasteiger charge is 2.20. The first-order valence-electron chi connectivity index (χ1n) is 10.3. The van der Waals surface area contributed by atoms with Gasteiger partial charge in [0, 0.05) is 46.7 Å². The largest absolute Gasteiger partial charge is 0.454 e. The van der Waals surface area contributed by atoms with Crippen molar-refractivity contribution in [1.29, 1.82) is 0 Å². The second-order valence-electron chi connectivity index (χ2n) is 7.68. The minimum atomic E-state index is 0. The quantitative estimate of drug-likeness (QED) is 0.349. The maximum Gasteiger partial charge on any atom is 0.231 e. The zero-order valence-electron chi connectivity index (χ0n) is 18.0. The Morgan fingerprint density at radius 1 is 1.13 bits per heavy atom. The Labute approximate surface area is 200 Å². The molecule has 4 rings (SSSR count). The lowest BCUT2D eigenvalue weighted by Crippen LogP contribution is -2.38. The summed E-state index contributed by atoms with van der Waals surface area (Å²) in [6.45, 7) is 3.19. The second-order valence-corrected chi connectivity index (χ2v) is 7.68. The molecule has 2 aliphatic rings. The van der Waals surface area contributed by atoms with Crippen molar-refractivity contribution in [3.63, 3.8) is 0 Å². The summed E-state index contributed by atoms with van der Waals surface area (Å²) in [5.41, 5.74) is 3.45. The Bertz CT molecular complexity index is 950. The number of fused-ring (bicyclic) bond motifs is 1. The van der Waals surface area contributed by atoms with Gasteiger partial charge in [-0.3, -0.25) is 9.79 Å². The van der Waals surface area contributed by atoms with Gasteiger partial charge in [-0.2, -0.15) is 0 Å². The highest BCUT2D eigenvalue weighted by atomic mass is 127. The summed E-state index contributed by atoms with van der Waals surface area (Å²) in [5.74, 6) is 2.65. The predicted octanol–water partition coefficient (Wildman–Crippen LogP) is 3.36. The van der Waals surface area contributed by atoms with Gasteiger partial charge < -0.3 is 24.6 Å². The van der Waals surface area contributed by atoms with E-state index in [2.05, 4.69) is 33.4 Å². The summed E-state index contributed by atoms with van der Waals surface area (Å²) in [6, 6.07) is 14.4. The molecule has 1 saturated heterocycles. The van der Waals surface area contributed by atoms with E-state index in [1.165, 1.54) is 0 Å². The molecule has 2 heterocycles. The SMILES string of the molecule is CN=C(NCc1cccc(CN2CCCC2=O)c1)N(C)Cc1ccc2c(c1)OCO2.I. The normalized spacial score (nSPS) is 15.1. The van der Waals surface area contributed by atoms with E-state index in [9.17, 15) is 4.79 Å². The van der Waals surface area contributed by atoms with E-state index in [1.807, 2.05) is 36.2 Å². The van der Waals surface area contributed by atoms with Crippen molar-refractivity contribution in [2.75, 3.05) is 27.4 Å². The van der Waals surface area contributed by atoms with Gasteiger partial charge in [-0.15, -0.1) is 24.0 Å². The molecule has 0 radical (unpaired) electrons. The molecule has 0 aromatic heterocycles. The molecule has 31 heavy (non-hydrogen) atoms. The lowest BCUT2D eigenvalue weighted by Gasteiger charge is -2.22. The van der Waals surface area contributed by atoms with E-state index in [4.69, 9.17) is 9.47 Å². The van der Waals surface area contributed by atoms with Crippen molar-refractivity contribution < 1.29 is 14.3 Å². The predicted molar refractivity (Wildman–Crippen MR) is 131 cm³/mol. The zero-order chi connectivity index (χ0) is 20.9. The van der Waals surface area contributed by atoms with E-state index in [1.54, 1.807) is 7.05 Å². The van der Waals surface area contributed by atoms with Gasteiger partial charge in [0.15, 0.2) is 17.5 Å². The van der Waals surface area contributed by atoms with Crippen LogP contribution in [0.4, 0.5) is 0 Å². The third-order valence-electron chi connectivity index (χ3n) is 5.42. The Kier molecular flexibility index (Phi) is 8.00. The smallest absolute Gasteiger partial charge is 0.231 e. The van der Waals surface area contributed by atoms with Crippen molar-refractivity contribution in [3.8, 4) is 11.5 Å². The fourth-order valence-corrected chi connectivity index (χ4v) is 3.88. The minimum absolute atomic E-state index is 0. The average molecular weight is 536 g/mol. The van der Waals surface area contributed by atoms with Gasteiger partial charge in [0.05, 0.1) is 0 Å². The molecule has 1 fully saturated rings. The maximum atomic E-state index is 11.9. The fraction of sp³-hybridized carbons (Fsp3) is 0.391. The van der Waals surface area contributed by atoms with Crippen LogP contribution in [0.3, 0.4) is 0 Å². The van der Waals surface area contributed by atoms with Gasteiger partial charge in [-0.1, -0.05) is 30.3 Å². The fourth-order valence-electron chi connectivity index (χ4n) is 3.88. The molecule has 2 aliphatic heterocycles. The van der Waals surface area contributed by atoms with Crippen molar-refractivity contribution in [2.24, 2.45) is 4.99 Å². The summed E-state index contributed by atoms with van der Waals surface area (Å²) in [6.07, 6.45) is 1.64. The molecule has 0 aliphatic carbocycles. The van der Waals surface area contributed by atoms with Crippen LogP contribution in [0.2, 0.25) is 0 Å². The molecular formula is C23H29IN4O3. The number of guanidine groups is 1. The molecule has 2 aromatic carbocycles. The summed E-state index contributed by atoms with van der Waals surface area (Å²) >= 11 is 0. The molecule has 8 heteroatoms. The van der Waals surface area contributed by atoms with Crippen molar-refractivity contribution >= 4 is 35.8 Å². The monoisotopic (exact) mass is 536 g/mol. The third-order valence-corrected chi connectivity index (χ3v) is 5.42. The molecule has 0 saturated carbocycles. The van der Waals surface area contributed by atoms with E-state index >= 15 is 0 Å². The Morgan fingerprint density at radius 3 is 2.71 bits per heavy atom. The van der Waals surface area contributed by atoms with Gasteiger partial charge in [-0.25, -0.2) is 0 Å². The highest BCUT2D eigenvalue weighted by molar-refractivity contribution is 14.0. The van der Waals surface area contributed by atoms with Crippen molar-refractivity contribution in [3.05, 3.63) is 59.2 Å². The van der Waals surface area contributed by atoms with E-state index in [0.717, 1.165) is 47.1 Å². The number of hydrogen-bond donors (Lipinski definition) is 1. The van der Waals surface area contributed by atoms with E-state index < -0.39 is 0 Å². The summed E-state index contributed by atoms with van der Waals surface area (Å²) in [7, 11) is 3.79. The summed E-state index contributed by atoms with van der Waals surface area (Å²) < 4.78 is 10.8. The molecular weight excluding hydrogens is 507 g/mol. The number of nitrogens with zero attached hydrogens (tertiary/aromatic N) is 3. The van der Waals surface area contributed by atoms with Crippen molar-refractivity contribution in [1.82, 2.24) is 15.1 Å². The lowest BCUT2D eigenvalue weighted by molar-refractivity contribution is -0.128. The number of likely N-dealkylation sites (tertiary alicyclic amines) is 1. The van der Waals surface area contributed by atoms with Crippen LogP contribution in [0.1, 0.15) is 29.5 Å². The first-order valence-corrected chi connectivity index (χ1v) is 10.3. The number of nitrogens with one attached hydrogen (secondary N) is 1. The maximum absolute atomic E-state index is 11.9. The van der Waals surface area contributed by atoms with Crippen LogP contribution in [0, 0.1) is 0 Å². The van der Waals surface area contributed by atoms with Crippen LogP contribution in [0.15, 0.2) is 47.5 Å². The topological polar surface area (TPSA) is 66.4 Å². The number of amides is 1. The van der Waals surface area contributed by atoms with Gasteiger partial charge >= 0.3 is 0 Å². The minimum Gasteiger partial charge on any atom is -0.454 e. The molecule has 2 aromatic rings. The molecule has 0 unspecified atom stereocenters. The Balaban J connectivity index is 0.00000272. The van der Waals surface area contributed by atoms with Crippen LogP contribution in [-0.2, 0) is 24.4 Å². The summed E-state index contributed by atoms with van der Waals surface area (Å²) in [5, 5.41) is 3.43. The molecule has 0 spiro atoms. The number of carbonyl (C=O) groups excluding carboxylic acids is 1. The van der Waals surface area contributed by atoms with Crippen LogP contribution in [-0.4, -0.2) is 49.1 Å². The Hall–Kier alpha value is -2.49. The van der Waals surface area contributed by atoms with Gasteiger partial charge in [0.2, 0.25) is 12.7 Å². The standard InChI is InChI=1S/C23H28N4O3.HI/c1-24-23(26(2)14-19-8-9-20-21(12-19)30-16-29-20)25-13-17-5-3-6-18(11-17)15-27-10-4-7-22(27)28;/h3,5-6,8-9,11-12H,4,7,10,13-16H2,1-2H3,(H,24,25);1H. The first-order chi connectivity index (χ1) is 14.6. The molecule has 0 bridgehead atoms. The third kappa shape index (κ3) is 5.81. The molecule has 0 atom stereocenters. The lowest BCUT2D eigenvalue weighted by atomic mass is 10.1. The highest BCUT2D eigenvalue weighted by Crippen LogP contribution is 2.32. The van der Waals surface area contributed by atoms with Crippen LogP contribution < -0.4 is 14.8 Å². The van der Waals surface area contributed by atoms with Gasteiger partial charge in [-0.05, 0) is 35.2 Å². The van der Waals surface area contributed by atoms with Crippen LogP contribution in [0.25, 0.3) is 0 Å². The average Bonchev–Trinajstić information content (AvgIpc) is 3.37. The number of aliphatic imine (C=N–C) groups is 1. The van der Waals surface area contributed by atoms with E-state index in [-0.39, 0.29) is 36.7 Å². The van der Waals surface area contributed by atoms with Crippen LogP contribution >= 0.6 is 24.0 Å². The zero-order valence-corrected chi connectivity index (χ0v) is 20.3. The molecule has 7 nitrogen and oxygen atoms in total. The molecule has 1 amide bonds. The van der Waals surface area contributed by atoms with Gasteiger partial charge in [0.25, 0.3) is 0 Å². The van der Waals surface area contributed by atoms with E-state index in [0.29, 0.717) is 26.1 Å².